The number of carbonyl (C=O) groups is 5. The molecule has 11 rings (SSSR count). The SMILES string of the molecule is CCOC(=O)N(C)c1c(Cl)ccnc1[N+](=O)[O-].CCOC(=O)N(C)c1c(Oc2ccc(N)cc2)ccnc1N.CCOC(=O)N(C)c1c(Oc2ccc(N)cc2)ccnc1[N+](=O)[O-].CCOC(=O)Nc1c(Cl)ccnc1[N+](=O)[O-].CCOC(=O)Nc1cnccc1Cl.CC[O-].Cn1c(=O)[nH]c2nccc(Oc3ccc(N)cc3)c21.Nc1cnccc1Cl.[Na+]. The normalized spacial score (nSPS) is 9.78. The van der Waals surface area contributed by atoms with Crippen molar-refractivity contribution in [1.82, 2.24) is 44.4 Å². The molecule has 5 amide bonds. The molecule has 0 bridgehead atoms. The minimum absolute atomic E-state index is 0. The van der Waals surface area contributed by atoms with Crippen LogP contribution in [0.5, 0.6) is 34.5 Å². The minimum Gasteiger partial charge on any atom is -0.855 e. The average molecular weight is 1790 g/mol. The van der Waals surface area contributed by atoms with E-state index in [0.29, 0.717) is 90.7 Å². The van der Waals surface area contributed by atoms with Crippen LogP contribution in [0.4, 0.5) is 98.4 Å². The summed E-state index contributed by atoms with van der Waals surface area (Å²) in [6, 6.07) is 31.1. The second-order valence-electron chi connectivity index (χ2n) is 22.8. The Kier molecular flexibility index (Phi) is 45.0. The molecule has 0 unspecified atom stereocenters. The fraction of sp³-hybridized carbons (Fsp3) is 0.213. The number of imidazole rings is 1. The number of aryl methyl sites for hydroxylation is 1. The molecule has 0 saturated heterocycles. The number of nitrogens with zero attached hydrogens (tertiary/aromatic N) is 14. The van der Waals surface area contributed by atoms with E-state index in [4.69, 9.17) is 109 Å². The van der Waals surface area contributed by atoms with E-state index < -0.39 is 62.7 Å². The van der Waals surface area contributed by atoms with Gasteiger partial charge in [0.25, 0.3) is 0 Å². The largest absolute Gasteiger partial charge is 1.00 e. The number of hydrogen-bond donors (Lipinski definition) is 8. The van der Waals surface area contributed by atoms with Crippen LogP contribution < -0.4 is 109 Å². The van der Waals surface area contributed by atoms with Crippen molar-refractivity contribution in [2.75, 3.05) is 115 Å². The molecule has 3 aromatic carbocycles. The maximum atomic E-state index is 11.9. The van der Waals surface area contributed by atoms with Crippen molar-refractivity contribution < 1.29 is 111 Å². The van der Waals surface area contributed by atoms with E-state index in [1.807, 2.05) is 0 Å². The van der Waals surface area contributed by atoms with Crippen LogP contribution in [-0.4, -0.2) is 150 Å². The number of nitrogens with one attached hydrogen (secondary N) is 3. The van der Waals surface area contributed by atoms with Crippen molar-refractivity contribution in [2.24, 2.45) is 7.05 Å². The van der Waals surface area contributed by atoms with Gasteiger partial charge in [-0.3, -0.25) is 44.9 Å². The third kappa shape index (κ3) is 33.3. The summed E-state index contributed by atoms with van der Waals surface area (Å²) in [5, 5.41) is 47.2. The molecule has 123 heavy (non-hydrogen) atoms. The van der Waals surface area contributed by atoms with Crippen molar-refractivity contribution in [3.8, 4) is 34.5 Å². The van der Waals surface area contributed by atoms with Gasteiger partial charge < -0.3 is 102 Å². The molecule has 8 heterocycles. The average Bonchev–Trinajstić information content (AvgIpc) is 1.78. The number of rotatable bonds is 19. The van der Waals surface area contributed by atoms with Crippen LogP contribution in [0.2, 0.25) is 20.1 Å². The van der Waals surface area contributed by atoms with Gasteiger partial charge in [0.15, 0.2) is 45.8 Å². The van der Waals surface area contributed by atoms with Crippen LogP contribution in [0, 0.1) is 30.3 Å². The molecule has 8 aromatic heterocycles. The van der Waals surface area contributed by atoms with Crippen LogP contribution in [-0.2, 0) is 30.7 Å². The first kappa shape index (κ1) is 103. The van der Waals surface area contributed by atoms with E-state index >= 15 is 0 Å². The van der Waals surface area contributed by atoms with E-state index in [1.54, 1.807) is 171 Å². The molecule has 0 spiro atoms. The summed E-state index contributed by atoms with van der Waals surface area (Å²) in [4.78, 5) is 132. The Morgan fingerprint density at radius 1 is 0.455 bits per heavy atom. The van der Waals surface area contributed by atoms with Gasteiger partial charge in [-0.1, -0.05) is 53.3 Å². The molecule has 0 aliphatic heterocycles. The summed E-state index contributed by atoms with van der Waals surface area (Å²) in [5.74, 6) is 1.31. The number of aromatic amines is 1. The van der Waals surface area contributed by atoms with Gasteiger partial charge in [-0.2, -0.15) is 0 Å². The van der Waals surface area contributed by atoms with Crippen molar-refractivity contribution in [3.05, 3.63) is 232 Å². The van der Waals surface area contributed by atoms with Crippen molar-refractivity contribution in [3.63, 3.8) is 0 Å². The number of nitrogens with two attached hydrogens (primary N) is 5. The summed E-state index contributed by atoms with van der Waals surface area (Å²) >= 11 is 22.8. The number of H-pyrrole nitrogens is 1. The van der Waals surface area contributed by atoms with Crippen LogP contribution in [0.25, 0.3) is 11.2 Å². The van der Waals surface area contributed by atoms with Gasteiger partial charge in [0.2, 0.25) is 0 Å². The van der Waals surface area contributed by atoms with Gasteiger partial charge >= 0.3 is 83.2 Å². The molecular weight excluding hydrogens is 1710 g/mol. The fourth-order valence-electron chi connectivity index (χ4n) is 8.92. The zero-order valence-electron chi connectivity index (χ0n) is 67.6. The first-order valence-corrected chi connectivity index (χ1v) is 36.8. The molecule has 648 valence electrons. The van der Waals surface area contributed by atoms with E-state index in [0.717, 1.165) is 9.80 Å². The summed E-state index contributed by atoms with van der Waals surface area (Å²) in [6.45, 7) is 10.9. The standard InChI is InChI=1S/C15H16N4O5.C15H18N4O3.C13H12N4O2.C9H10ClN3O4.C8H8ClN3O4.C8H9ClN2O2.C5H5ClN2.C2H5O.Na/c1-3-23-15(20)18(2)13-12(8-9-17-14(13)19(21)22)24-11-6-4-10(16)5-7-11;1-3-21-15(20)19(2)13-12(8-9-18-14(13)17)22-11-6-4-10(16)5-7-11;1-17-11-10(6-7-15-12(11)16-13(17)18)19-9-4-2-8(14)3-5-9;1-3-17-9(14)12(2)7-6(10)4-5-11-8(7)13(15)16;1-2-16-8(13)11-6-5(9)3-4-10-7(6)12(14)15;1-2-13-8(12)11-7-5-10-4-3-6(7)9;6-4-1-2-8-3-5(4)7;1-2-3;/h4-9H,3,16H2,1-2H3;4-9H,3,16H2,1-2H3,(H2,17,18);2-7H,14H2,1H3,(H,15,16,18);4-5H,3H2,1-2H3;3-4H,2H2,1H3,(H,11,13);3-5H,2H2,1H3,(H,11,12);1-3H,7H2;2H2,1H3;/q;;;;;;;-1;+1. The summed E-state index contributed by atoms with van der Waals surface area (Å²) < 4.78 is 42.5. The number of anilines is 10. The topological polar surface area (TPSA) is 604 Å². The molecule has 0 aliphatic rings. The number of fused-ring (bicyclic) bond motifs is 1. The number of ether oxygens (including phenoxy) is 8. The van der Waals surface area contributed by atoms with E-state index in [9.17, 15) is 59.1 Å². The Morgan fingerprint density at radius 3 is 1.24 bits per heavy atom. The smallest absolute Gasteiger partial charge is 0.855 e. The van der Waals surface area contributed by atoms with E-state index in [2.05, 4.69) is 60.0 Å². The third-order valence-electron chi connectivity index (χ3n) is 14.3. The summed E-state index contributed by atoms with van der Waals surface area (Å²) in [7, 11) is 5.88. The van der Waals surface area contributed by atoms with Crippen molar-refractivity contribution >= 4 is 162 Å². The molecule has 43 nitrogen and oxygen atoms in total. The predicted octanol–water partition coefficient (Wildman–Crippen LogP) is 11.7. The van der Waals surface area contributed by atoms with Crippen LogP contribution in [0.15, 0.2) is 176 Å². The van der Waals surface area contributed by atoms with Crippen LogP contribution in [0.3, 0.4) is 0 Å². The zero-order valence-corrected chi connectivity index (χ0v) is 72.7. The Morgan fingerprint density at radius 2 is 0.813 bits per heavy atom. The molecule has 13 N–H and O–H groups in total. The van der Waals surface area contributed by atoms with Crippen molar-refractivity contribution in [1.29, 1.82) is 0 Å². The van der Waals surface area contributed by atoms with Gasteiger partial charge in [0.1, 0.15) is 47.0 Å². The Balaban J connectivity index is 0.000000374. The first-order chi connectivity index (χ1) is 58.1. The zero-order chi connectivity index (χ0) is 90.7. The molecular formula is C75H83Cl4N22NaO21. The molecule has 0 fully saturated rings. The van der Waals surface area contributed by atoms with E-state index in [-0.39, 0.29) is 107 Å². The maximum Gasteiger partial charge on any atom is 1.00 e. The second kappa shape index (κ2) is 53.6. The van der Waals surface area contributed by atoms with Gasteiger partial charge in [-0.25, -0.2) is 38.7 Å². The van der Waals surface area contributed by atoms with Crippen LogP contribution >= 0.6 is 46.4 Å². The Labute approximate surface area is 743 Å². The summed E-state index contributed by atoms with van der Waals surface area (Å²) in [5.41, 5.74) is 31.8. The van der Waals surface area contributed by atoms with Gasteiger partial charge in [-0.05, 0) is 149 Å². The number of pyridine rings is 7. The van der Waals surface area contributed by atoms with Gasteiger partial charge in [0.05, 0.1) is 76.9 Å². The molecule has 0 radical (unpaired) electrons. The quantitative estimate of drug-likeness (QED) is 0.0123. The van der Waals surface area contributed by atoms with E-state index in [1.165, 1.54) is 78.9 Å². The van der Waals surface area contributed by atoms with Crippen molar-refractivity contribution in [2.45, 2.75) is 41.5 Å². The number of amides is 5. The molecule has 48 heteroatoms. The fourth-order valence-corrected chi connectivity index (χ4v) is 9.64. The minimum atomic E-state index is -0.819. The molecule has 0 saturated carbocycles. The van der Waals surface area contributed by atoms with Gasteiger partial charge in [-0.15, -0.1) is 6.61 Å². The van der Waals surface area contributed by atoms with Crippen LogP contribution in [0.1, 0.15) is 41.5 Å². The number of nitrogen functional groups attached to an aromatic ring is 5. The molecule has 0 aliphatic carbocycles. The first-order valence-electron chi connectivity index (χ1n) is 35.3. The number of nitro groups is 3. The van der Waals surface area contributed by atoms with Gasteiger partial charge in [0, 0.05) is 100 Å². The Hall–Kier alpha value is -14.0. The monoisotopic (exact) mass is 1790 g/mol. The molecule has 11 aromatic rings. The summed E-state index contributed by atoms with van der Waals surface area (Å²) in [6.07, 6.45) is 9.44. The number of benzene rings is 3. The second-order valence-corrected chi connectivity index (χ2v) is 24.4. The number of carbonyl (C=O) groups excluding carboxylic acids is 5. The molecule has 0 atom stereocenters. The number of hydrogen-bond acceptors (Lipinski definition) is 33. The number of aromatic nitrogens is 9. The number of halogens is 4. The maximum absolute atomic E-state index is 11.9. The Bertz CT molecular complexity index is 5350. The predicted molar refractivity (Wildman–Crippen MR) is 456 cm³/mol. The third-order valence-corrected chi connectivity index (χ3v) is 15.6.